The Morgan fingerprint density at radius 2 is 1.92 bits per heavy atom. The van der Waals surface area contributed by atoms with Crippen molar-refractivity contribution in [3.63, 3.8) is 0 Å². The standard InChI is InChI=1S/C19H16FN3O2/c1-25-13-8-6-12(7-9-13)23-19-16(11-21-23)15(10-18(24)22-19)14-4-2-3-5-17(14)20/h2-9,11,15H,10H2,1H3,(H,22,24). The van der Waals surface area contributed by atoms with Gasteiger partial charge in [-0.25, -0.2) is 9.07 Å². The molecule has 2 aromatic carbocycles. The van der Waals surface area contributed by atoms with Gasteiger partial charge in [0.1, 0.15) is 17.4 Å². The predicted octanol–water partition coefficient (Wildman–Crippen LogP) is 3.49. The second-order valence-corrected chi connectivity index (χ2v) is 5.88. The molecule has 0 bridgehead atoms. The molecule has 0 spiro atoms. The lowest BCUT2D eigenvalue weighted by Gasteiger charge is -2.24. The minimum Gasteiger partial charge on any atom is -0.497 e. The van der Waals surface area contributed by atoms with Gasteiger partial charge in [-0.3, -0.25) is 4.79 Å². The summed E-state index contributed by atoms with van der Waals surface area (Å²) in [4.78, 5) is 12.2. The minimum atomic E-state index is -0.350. The van der Waals surface area contributed by atoms with E-state index in [2.05, 4.69) is 10.4 Å². The largest absolute Gasteiger partial charge is 0.497 e. The molecule has 1 N–H and O–H groups in total. The van der Waals surface area contributed by atoms with Gasteiger partial charge in [0.15, 0.2) is 0 Å². The van der Waals surface area contributed by atoms with Crippen molar-refractivity contribution in [2.45, 2.75) is 12.3 Å². The summed E-state index contributed by atoms with van der Waals surface area (Å²) in [7, 11) is 1.60. The Hall–Kier alpha value is -3.15. The Morgan fingerprint density at radius 3 is 2.64 bits per heavy atom. The van der Waals surface area contributed by atoms with Gasteiger partial charge >= 0.3 is 0 Å². The molecule has 4 rings (SSSR count). The van der Waals surface area contributed by atoms with E-state index >= 15 is 0 Å². The number of hydrogen-bond acceptors (Lipinski definition) is 3. The number of aromatic nitrogens is 2. The Bertz CT molecular complexity index is 934. The maximum Gasteiger partial charge on any atom is 0.226 e. The number of methoxy groups -OCH3 is 1. The van der Waals surface area contributed by atoms with Crippen LogP contribution in [0.5, 0.6) is 5.75 Å². The average molecular weight is 337 g/mol. The Labute approximate surface area is 144 Å². The third kappa shape index (κ3) is 2.65. The fourth-order valence-corrected chi connectivity index (χ4v) is 3.17. The molecule has 0 aliphatic carbocycles. The molecule has 5 nitrogen and oxygen atoms in total. The van der Waals surface area contributed by atoms with E-state index in [1.807, 2.05) is 24.3 Å². The van der Waals surface area contributed by atoms with Crippen LogP contribution in [0.1, 0.15) is 23.5 Å². The van der Waals surface area contributed by atoms with E-state index in [1.165, 1.54) is 6.07 Å². The zero-order chi connectivity index (χ0) is 17.4. The lowest BCUT2D eigenvalue weighted by atomic mass is 9.87. The highest BCUT2D eigenvalue weighted by Crippen LogP contribution is 2.38. The number of ether oxygens (including phenoxy) is 1. The van der Waals surface area contributed by atoms with E-state index in [0.29, 0.717) is 11.4 Å². The number of anilines is 1. The van der Waals surface area contributed by atoms with E-state index in [-0.39, 0.29) is 24.1 Å². The molecule has 2 heterocycles. The third-order valence-electron chi connectivity index (χ3n) is 4.42. The molecule has 1 aromatic heterocycles. The van der Waals surface area contributed by atoms with Crippen molar-refractivity contribution < 1.29 is 13.9 Å². The molecule has 1 unspecified atom stereocenters. The average Bonchev–Trinajstić information content (AvgIpc) is 3.05. The lowest BCUT2D eigenvalue weighted by Crippen LogP contribution is -2.25. The monoisotopic (exact) mass is 337 g/mol. The SMILES string of the molecule is COc1ccc(-n2ncc3c2NC(=O)CC3c2ccccc2F)cc1. The van der Waals surface area contributed by atoms with E-state index in [0.717, 1.165) is 17.0 Å². The summed E-state index contributed by atoms with van der Waals surface area (Å²) in [5, 5.41) is 7.26. The number of nitrogens with zero attached hydrogens (tertiary/aromatic N) is 2. The number of halogens is 1. The van der Waals surface area contributed by atoms with E-state index in [1.54, 1.807) is 36.2 Å². The van der Waals surface area contributed by atoms with Crippen molar-refractivity contribution in [2.24, 2.45) is 0 Å². The highest BCUT2D eigenvalue weighted by molar-refractivity contribution is 5.94. The Morgan fingerprint density at radius 1 is 1.16 bits per heavy atom. The lowest BCUT2D eigenvalue weighted by molar-refractivity contribution is -0.116. The van der Waals surface area contributed by atoms with Crippen molar-refractivity contribution in [3.05, 3.63) is 71.7 Å². The normalized spacial score (nSPS) is 16.2. The summed E-state index contributed by atoms with van der Waals surface area (Å²) in [6.45, 7) is 0. The van der Waals surface area contributed by atoms with Gasteiger partial charge in [0.05, 0.1) is 19.0 Å². The molecule has 126 valence electrons. The molecule has 1 amide bonds. The topological polar surface area (TPSA) is 56.1 Å². The molecule has 0 saturated carbocycles. The fraction of sp³-hybridized carbons (Fsp3) is 0.158. The first kappa shape index (κ1) is 15.4. The summed E-state index contributed by atoms with van der Waals surface area (Å²) in [5.41, 5.74) is 2.10. The van der Waals surface area contributed by atoms with Crippen molar-refractivity contribution in [1.82, 2.24) is 9.78 Å². The number of benzene rings is 2. The highest BCUT2D eigenvalue weighted by Gasteiger charge is 2.31. The van der Waals surface area contributed by atoms with Gasteiger partial charge in [-0.2, -0.15) is 5.10 Å². The molecular weight excluding hydrogens is 321 g/mol. The number of fused-ring (bicyclic) bond motifs is 1. The van der Waals surface area contributed by atoms with Gasteiger partial charge in [-0.1, -0.05) is 18.2 Å². The molecule has 0 saturated heterocycles. The molecule has 1 aliphatic heterocycles. The number of amides is 1. The van der Waals surface area contributed by atoms with Gasteiger partial charge in [-0.15, -0.1) is 0 Å². The predicted molar refractivity (Wildman–Crippen MR) is 91.6 cm³/mol. The molecule has 3 aromatic rings. The van der Waals surface area contributed by atoms with Crippen molar-refractivity contribution in [3.8, 4) is 11.4 Å². The number of carbonyl (C=O) groups excluding carboxylic acids is 1. The summed E-state index contributed by atoms with van der Waals surface area (Å²) in [5.74, 6) is 0.492. The Kier molecular flexibility index (Phi) is 3.72. The zero-order valence-corrected chi connectivity index (χ0v) is 13.6. The first-order valence-electron chi connectivity index (χ1n) is 7.94. The summed E-state index contributed by atoms with van der Waals surface area (Å²) < 4.78 is 21.1. The van der Waals surface area contributed by atoms with Crippen LogP contribution in [0.2, 0.25) is 0 Å². The van der Waals surface area contributed by atoms with Crippen molar-refractivity contribution >= 4 is 11.7 Å². The van der Waals surface area contributed by atoms with Crippen LogP contribution in [0.25, 0.3) is 5.69 Å². The van der Waals surface area contributed by atoms with Crippen LogP contribution in [-0.4, -0.2) is 22.8 Å². The van der Waals surface area contributed by atoms with E-state index < -0.39 is 0 Å². The first-order chi connectivity index (χ1) is 12.2. The van der Waals surface area contributed by atoms with Crippen LogP contribution >= 0.6 is 0 Å². The van der Waals surface area contributed by atoms with Gasteiger partial charge in [-0.05, 0) is 35.9 Å². The summed E-state index contributed by atoms with van der Waals surface area (Å²) in [6.07, 6.45) is 1.89. The molecular formula is C19H16FN3O2. The molecule has 1 aliphatic rings. The first-order valence-corrected chi connectivity index (χ1v) is 7.94. The van der Waals surface area contributed by atoms with Gasteiger partial charge in [0.2, 0.25) is 5.91 Å². The molecule has 1 atom stereocenters. The highest BCUT2D eigenvalue weighted by atomic mass is 19.1. The third-order valence-corrected chi connectivity index (χ3v) is 4.42. The van der Waals surface area contributed by atoms with Gasteiger partial charge < -0.3 is 10.1 Å². The van der Waals surface area contributed by atoms with E-state index in [9.17, 15) is 9.18 Å². The summed E-state index contributed by atoms with van der Waals surface area (Å²) >= 11 is 0. The number of carbonyl (C=O) groups is 1. The maximum absolute atomic E-state index is 14.2. The van der Waals surface area contributed by atoms with Gasteiger partial charge in [0.25, 0.3) is 0 Å². The molecule has 0 fully saturated rings. The second-order valence-electron chi connectivity index (χ2n) is 5.88. The van der Waals surface area contributed by atoms with Crippen LogP contribution < -0.4 is 10.1 Å². The van der Waals surface area contributed by atoms with Crippen molar-refractivity contribution in [1.29, 1.82) is 0 Å². The second kappa shape index (κ2) is 6.05. The number of rotatable bonds is 3. The fourth-order valence-electron chi connectivity index (χ4n) is 3.17. The van der Waals surface area contributed by atoms with Crippen LogP contribution in [-0.2, 0) is 4.79 Å². The zero-order valence-electron chi connectivity index (χ0n) is 13.6. The molecule has 0 radical (unpaired) electrons. The maximum atomic E-state index is 14.2. The van der Waals surface area contributed by atoms with Crippen LogP contribution in [0.15, 0.2) is 54.7 Å². The van der Waals surface area contributed by atoms with Crippen LogP contribution in [0.4, 0.5) is 10.2 Å². The number of hydrogen-bond donors (Lipinski definition) is 1. The Balaban J connectivity index is 1.80. The smallest absolute Gasteiger partial charge is 0.226 e. The molecule has 25 heavy (non-hydrogen) atoms. The number of nitrogens with one attached hydrogen (secondary N) is 1. The van der Waals surface area contributed by atoms with Crippen molar-refractivity contribution in [2.75, 3.05) is 12.4 Å². The van der Waals surface area contributed by atoms with Gasteiger partial charge in [0, 0.05) is 17.9 Å². The minimum absolute atomic E-state index is 0.156. The summed E-state index contributed by atoms with van der Waals surface area (Å²) in [6, 6.07) is 13.9. The quantitative estimate of drug-likeness (QED) is 0.796. The van der Waals surface area contributed by atoms with E-state index in [4.69, 9.17) is 4.74 Å². The van der Waals surface area contributed by atoms with Crippen LogP contribution in [0, 0.1) is 5.82 Å². The molecule has 6 heteroatoms. The van der Waals surface area contributed by atoms with Crippen LogP contribution in [0.3, 0.4) is 0 Å².